The van der Waals surface area contributed by atoms with Gasteiger partial charge in [-0.25, -0.2) is 0 Å². The lowest BCUT2D eigenvalue weighted by Crippen LogP contribution is -2.30. The first-order valence-electron chi connectivity index (χ1n) is 14.0. The number of rotatable bonds is 14. The molecule has 2 unspecified atom stereocenters. The van der Waals surface area contributed by atoms with Gasteiger partial charge in [0, 0.05) is 5.41 Å². The summed E-state index contributed by atoms with van der Waals surface area (Å²) in [5.41, 5.74) is -0.905. The quantitative estimate of drug-likeness (QED) is 0.227. The maximum atomic E-state index is 12.6. The summed E-state index contributed by atoms with van der Waals surface area (Å²) >= 11 is 0. The summed E-state index contributed by atoms with van der Waals surface area (Å²) in [6.45, 7) is 8.28. The minimum atomic E-state index is -0.554. The van der Waals surface area contributed by atoms with Gasteiger partial charge in [-0.1, -0.05) is 58.8 Å². The van der Waals surface area contributed by atoms with E-state index in [1.54, 1.807) is 0 Å². The van der Waals surface area contributed by atoms with Gasteiger partial charge in [-0.2, -0.15) is 0 Å². The molecule has 2 rings (SSSR count). The van der Waals surface area contributed by atoms with Gasteiger partial charge in [0.15, 0.2) is 0 Å². The standard InChI is InChI=1S/C29H52O5/c1-28(2,21-30)16-14-25(31)18-22-10-12-23(13-11-22)19-26(32)15-17-29(3,4)27(33)34-20-24-8-6-5-7-9-24/h21-26,31-32H,5-20H2,1-4H3. The molecule has 0 heterocycles. The van der Waals surface area contributed by atoms with Crippen LogP contribution >= 0.6 is 0 Å². The van der Waals surface area contributed by atoms with E-state index in [1.165, 1.54) is 32.1 Å². The number of aldehydes is 1. The molecule has 2 saturated carbocycles. The number of aliphatic hydroxyl groups excluding tert-OH is 2. The van der Waals surface area contributed by atoms with E-state index in [0.717, 1.165) is 51.2 Å². The van der Waals surface area contributed by atoms with E-state index in [9.17, 15) is 19.8 Å². The van der Waals surface area contributed by atoms with Crippen molar-refractivity contribution in [3.63, 3.8) is 0 Å². The number of esters is 1. The zero-order chi connectivity index (χ0) is 25.2. The molecule has 0 radical (unpaired) electrons. The highest BCUT2D eigenvalue weighted by Crippen LogP contribution is 2.36. The zero-order valence-electron chi connectivity index (χ0n) is 22.4. The van der Waals surface area contributed by atoms with E-state index >= 15 is 0 Å². The molecule has 0 aromatic carbocycles. The third-order valence-electron chi connectivity index (χ3n) is 8.45. The van der Waals surface area contributed by atoms with Gasteiger partial charge in [-0.15, -0.1) is 0 Å². The van der Waals surface area contributed by atoms with Crippen LogP contribution in [0, 0.1) is 28.6 Å². The molecule has 0 aromatic heterocycles. The molecule has 0 bridgehead atoms. The molecule has 5 heteroatoms. The summed E-state index contributed by atoms with van der Waals surface area (Å²) in [6.07, 6.45) is 15.2. The van der Waals surface area contributed by atoms with Crippen molar-refractivity contribution in [2.24, 2.45) is 28.6 Å². The summed E-state index contributed by atoms with van der Waals surface area (Å²) in [7, 11) is 0. The lowest BCUT2D eigenvalue weighted by atomic mass is 9.76. The Morgan fingerprint density at radius 1 is 0.824 bits per heavy atom. The second-order valence-corrected chi connectivity index (χ2v) is 12.8. The number of hydrogen-bond acceptors (Lipinski definition) is 5. The fourth-order valence-electron chi connectivity index (χ4n) is 5.68. The van der Waals surface area contributed by atoms with E-state index in [-0.39, 0.29) is 23.6 Å². The Morgan fingerprint density at radius 2 is 1.32 bits per heavy atom. The van der Waals surface area contributed by atoms with Crippen LogP contribution in [0.2, 0.25) is 0 Å². The number of aliphatic hydroxyl groups is 2. The lowest BCUT2D eigenvalue weighted by molar-refractivity contribution is -0.156. The van der Waals surface area contributed by atoms with Gasteiger partial charge in [0.25, 0.3) is 0 Å². The van der Waals surface area contributed by atoms with Gasteiger partial charge in [0.2, 0.25) is 0 Å². The third-order valence-corrected chi connectivity index (χ3v) is 8.45. The second-order valence-electron chi connectivity index (χ2n) is 12.8. The van der Waals surface area contributed by atoms with Crippen molar-refractivity contribution in [2.75, 3.05) is 6.61 Å². The first kappa shape index (κ1) is 29.3. The predicted molar refractivity (Wildman–Crippen MR) is 136 cm³/mol. The Labute approximate surface area is 208 Å². The van der Waals surface area contributed by atoms with Crippen LogP contribution in [0.5, 0.6) is 0 Å². The SMILES string of the molecule is CC(C)(C=O)CCC(O)CC1CCC(CC(O)CCC(C)(C)C(=O)OCC2CCCCC2)CC1. The van der Waals surface area contributed by atoms with Gasteiger partial charge in [0.1, 0.15) is 6.29 Å². The molecule has 34 heavy (non-hydrogen) atoms. The topological polar surface area (TPSA) is 83.8 Å². The summed E-state index contributed by atoms with van der Waals surface area (Å²) < 4.78 is 5.66. The average molecular weight is 481 g/mol. The van der Waals surface area contributed by atoms with Crippen LogP contribution in [-0.2, 0) is 14.3 Å². The first-order valence-corrected chi connectivity index (χ1v) is 14.0. The third kappa shape index (κ3) is 10.8. The van der Waals surface area contributed by atoms with Gasteiger partial charge in [-0.05, 0) is 83.0 Å². The normalized spacial score (nSPS) is 24.4. The van der Waals surface area contributed by atoms with Crippen molar-refractivity contribution in [1.29, 1.82) is 0 Å². The second kappa shape index (κ2) is 14.0. The Morgan fingerprint density at radius 3 is 1.82 bits per heavy atom. The zero-order valence-corrected chi connectivity index (χ0v) is 22.4. The van der Waals surface area contributed by atoms with Gasteiger partial charge < -0.3 is 19.7 Å². The Balaban J connectivity index is 1.61. The van der Waals surface area contributed by atoms with Crippen molar-refractivity contribution in [1.82, 2.24) is 0 Å². The maximum absolute atomic E-state index is 12.6. The molecule has 0 aliphatic heterocycles. The van der Waals surface area contributed by atoms with Crippen LogP contribution in [0.15, 0.2) is 0 Å². The van der Waals surface area contributed by atoms with Crippen molar-refractivity contribution in [3.05, 3.63) is 0 Å². The summed E-state index contributed by atoms with van der Waals surface area (Å²) in [6, 6.07) is 0. The van der Waals surface area contributed by atoms with E-state index in [1.807, 2.05) is 27.7 Å². The van der Waals surface area contributed by atoms with Gasteiger partial charge >= 0.3 is 5.97 Å². The molecule has 2 fully saturated rings. The van der Waals surface area contributed by atoms with E-state index < -0.39 is 5.41 Å². The van der Waals surface area contributed by atoms with E-state index in [4.69, 9.17) is 4.74 Å². The van der Waals surface area contributed by atoms with Gasteiger partial charge in [0.05, 0.1) is 24.2 Å². The lowest BCUT2D eigenvalue weighted by Gasteiger charge is -2.32. The van der Waals surface area contributed by atoms with Crippen LogP contribution in [0.4, 0.5) is 0 Å². The number of hydrogen-bond donors (Lipinski definition) is 2. The maximum Gasteiger partial charge on any atom is 0.311 e. The fourth-order valence-corrected chi connectivity index (χ4v) is 5.68. The molecule has 0 aromatic rings. The summed E-state index contributed by atoms with van der Waals surface area (Å²) in [4.78, 5) is 23.7. The molecule has 0 spiro atoms. The van der Waals surface area contributed by atoms with Crippen LogP contribution in [0.1, 0.15) is 124 Å². The van der Waals surface area contributed by atoms with E-state index in [0.29, 0.717) is 43.6 Å². The van der Waals surface area contributed by atoms with Crippen LogP contribution < -0.4 is 0 Å². The van der Waals surface area contributed by atoms with Crippen molar-refractivity contribution in [3.8, 4) is 0 Å². The number of ether oxygens (including phenoxy) is 1. The predicted octanol–water partition coefficient (Wildman–Crippen LogP) is 6.23. The monoisotopic (exact) mass is 480 g/mol. The molecule has 0 saturated heterocycles. The van der Waals surface area contributed by atoms with Crippen molar-refractivity contribution < 1.29 is 24.5 Å². The Bertz CT molecular complexity index is 600. The molecule has 2 aliphatic carbocycles. The fraction of sp³-hybridized carbons (Fsp3) is 0.931. The highest BCUT2D eigenvalue weighted by atomic mass is 16.5. The number of carbonyl (C=O) groups is 2. The largest absolute Gasteiger partial charge is 0.465 e. The molecular weight excluding hydrogens is 428 g/mol. The van der Waals surface area contributed by atoms with Gasteiger partial charge in [-0.3, -0.25) is 4.79 Å². The summed E-state index contributed by atoms with van der Waals surface area (Å²) in [5.74, 6) is 1.47. The molecule has 5 nitrogen and oxygen atoms in total. The highest BCUT2D eigenvalue weighted by molar-refractivity contribution is 5.75. The van der Waals surface area contributed by atoms with Crippen LogP contribution in [0.25, 0.3) is 0 Å². The molecule has 198 valence electrons. The minimum Gasteiger partial charge on any atom is -0.465 e. The van der Waals surface area contributed by atoms with E-state index in [2.05, 4.69) is 0 Å². The van der Waals surface area contributed by atoms with Crippen LogP contribution in [-0.4, -0.2) is 41.3 Å². The molecule has 2 atom stereocenters. The highest BCUT2D eigenvalue weighted by Gasteiger charge is 2.32. The summed E-state index contributed by atoms with van der Waals surface area (Å²) in [5, 5.41) is 21.0. The smallest absolute Gasteiger partial charge is 0.311 e. The van der Waals surface area contributed by atoms with Crippen LogP contribution in [0.3, 0.4) is 0 Å². The number of carbonyl (C=O) groups excluding carboxylic acids is 2. The molecule has 2 N–H and O–H groups in total. The Kier molecular flexibility index (Phi) is 12.0. The Hall–Kier alpha value is -0.940. The molecular formula is C29H52O5. The van der Waals surface area contributed by atoms with Crippen molar-refractivity contribution in [2.45, 2.75) is 136 Å². The minimum absolute atomic E-state index is 0.124. The first-order chi connectivity index (χ1) is 16.0. The average Bonchev–Trinajstić information content (AvgIpc) is 2.82. The molecule has 0 amide bonds. The molecule has 2 aliphatic rings. The van der Waals surface area contributed by atoms with Crippen molar-refractivity contribution >= 4 is 12.3 Å².